The molecule has 0 aromatic rings. The van der Waals surface area contributed by atoms with Crippen LogP contribution < -0.4 is 0 Å². The molecule has 3 fully saturated rings. The summed E-state index contributed by atoms with van der Waals surface area (Å²) in [5, 5.41) is 0. The predicted molar refractivity (Wildman–Crippen MR) is 68.9 cm³/mol. The van der Waals surface area contributed by atoms with E-state index in [0.717, 1.165) is 31.3 Å². The van der Waals surface area contributed by atoms with Gasteiger partial charge in [0.1, 0.15) is 6.29 Å². The molecule has 1 heterocycles. The molecule has 0 N–H and O–H groups in total. The summed E-state index contributed by atoms with van der Waals surface area (Å²) < 4.78 is 0. The number of fused-ring (bicyclic) bond motifs is 1. The number of carbonyl (C=O) groups is 1. The van der Waals surface area contributed by atoms with Gasteiger partial charge >= 0.3 is 0 Å². The van der Waals surface area contributed by atoms with Crippen LogP contribution in [0.5, 0.6) is 0 Å². The molecule has 0 radical (unpaired) electrons. The lowest BCUT2D eigenvalue weighted by molar-refractivity contribution is -0.117. The van der Waals surface area contributed by atoms with Crippen molar-refractivity contribution in [3.63, 3.8) is 0 Å². The summed E-state index contributed by atoms with van der Waals surface area (Å²) in [4.78, 5) is 14.1. The van der Waals surface area contributed by atoms with E-state index in [4.69, 9.17) is 0 Å². The molecule has 3 aliphatic rings. The SMILES string of the molecule is O=CC1(CN2CCC3CCCCC32)CCCC1. The van der Waals surface area contributed by atoms with Crippen LogP contribution in [-0.2, 0) is 4.79 Å². The Kier molecular flexibility index (Phi) is 3.25. The number of likely N-dealkylation sites (tertiary alicyclic amines) is 1. The van der Waals surface area contributed by atoms with Gasteiger partial charge in [-0.25, -0.2) is 0 Å². The van der Waals surface area contributed by atoms with Crippen LogP contribution in [0.2, 0.25) is 0 Å². The van der Waals surface area contributed by atoms with Gasteiger partial charge in [-0.05, 0) is 44.6 Å². The number of rotatable bonds is 3. The highest BCUT2D eigenvalue weighted by Crippen LogP contribution is 2.42. The fourth-order valence-corrected chi connectivity index (χ4v) is 4.50. The van der Waals surface area contributed by atoms with Crippen molar-refractivity contribution in [2.45, 2.75) is 63.8 Å². The van der Waals surface area contributed by atoms with Gasteiger partial charge in [-0.15, -0.1) is 0 Å². The highest BCUT2D eigenvalue weighted by Gasteiger charge is 2.41. The van der Waals surface area contributed by atoms with Gasteiger partial charge in [-0.3, -0.25) is 4.90 Å². The van der Waals surface area contributed by atoms with Gasteiger partial charge in [0.25, 0.3) is 0 Å². The van der Waals surface area contributed by atoms with Crippen molar-refractivity contribution >= 4 is 6.29 Å². The van der Waals surface area contributed by atoms with E-state index < -0.39 is 0 Å². The van der Waals surface area contributed by atoms with Crippen LogP contribution in [0, 0.1) is 11.3 Å². The minimum Gasteiger partial charge on any atom is -0.303 e. The van der Waals surface area contributed by atoms with Gasteiger partial charge < -0.3 is 4.79 Å². The van der Waals surface area contributed by atoms with Gasteiger partial charge in [0.2, 0.25) is 0 Å². The first kappa shape index (κ1) is 11.7. The number of carbonyl (C=O) groups excluding carboxylic acids is 1. The molecule has 1 saturated heterocycles. The Hall–Kier alpha value is -0.370. The zero-order chi connectivity index (χ0) is 11.7. The van der Waals surface area contributed by atoms with E-state index in [1.54, 1.807) is 0 Å². The van der Waals surface area contributed by atoms with Gasteiger partial charge in [0, 0.05) is 18.0 Å². The quantitative estimate of drug-likeness (QED) is 0.701. The first-order valence-corrected chi connectivity index (χ1v) is 7.53. The molecule has 2 nitrogen and oxygen atoms in total. The number of hydrogen-bond donors (Lipinski definition) is 0. The van der Waals surface area contributed by atoms with Gasteiger partial charge in [-0.1, -0.05) is 25.7 Å². The lowest BCUT2D eigenvalue weighted by Crippen LogP contribution is -2.42. The highest BCUT2D eigenvalue weighted by molar-refractivity contribution is 5.60. The van der Waals surface area contributed by atoms with Gasteiger partial charge in [0.15, 0.2) is 0 Å². The summed E-state index contributed by atoms with van der Waals surface area (Å²) in [6.45, 7) is 2.32. The van der Waals surface area contributed by atoms with E-state index in [1.165, 1.54) is 57.8 Å². The number of aldehydes is 1. The van der Waals surface area contributed by atoms with Crippen LogP contribution in [0.15, 0.2) is 0 Å². The summed E-state index contributed by atoms with van der Waals surface area (Å²) in [7, 11) is 0. The van der Waals surface area contributed by atoms with Gasteiger partial charge in [-0.2, -0.15) is 0 Å². The molecule has 2 heteroatoms. The van der Waals surface area contributed by atoms with Crippen LogP contribution in [0.4, 0.5) is 0 Å². The third kappa shape index (κ3) is 2.16. The molecule has 2 aliphatic carbocycles. The summed E-state index contributed by atoms with van der Waals surface area (Å²) in [6.07, 6.45) is 13.2. The summed E-state index contributed by atoms with van der Waals surface area (Å²) >= 11 is 0. The molecule has 0 aromatic carbocycles. The lowest BCUT2D eigenvalue weighted by Gasteiger charge is -2.36. The van der Waals surface area contributed by atoms with Crippen molar-refractivity contribution in [2.75, 3.05) is 13.1 Å². The minimum absolute atomic E-state index is 0.0341. The highest BCUT2D eigenvalue weighted by atomic mass is 16.1. The third-order valence-corrected chi connectivity index (χ3v) is 5.49. The summed E-state index contributed by atoms with van der Waals surface area (Å²) in [6, 6.07) is 0.821. The summed E-state index contributed by atoms with van der Waals surface area (Å²) in [5.41, 5.74) is 0.0341. The van der Waals surface area contributed by atoms with Crippen molar-refractivity contribution < 1.29 is 4.79 Å². The van der Waals surface area contributed by atoms with Crippen molar-refractivity contribution in [2.24, 2.45) is 11.3 Å². The van der Waals surface area contributed by atoms with E-state index in [-0.39, 0.29) is 5.41 Å². The first-order chi connectivity index (χ1) is 8.33. The number of hydrogen-bond acceptors (Lipinski definition) is 2. The van der Waals surface area contributed by atoms with Gasteiger partial charge in [0.05, 0.1) is 0 Å². The Labute approximate surface area is 105 Å². The van der Waals surface area contributed by atoms with Crippen molar-refractivity contribution in [1.29, 1.82) is 0 Å². The fourth-order valence-electron chi connectivity index (χ4n) is 4.50. The normalized spacial score (nSPS) is 36.9. The third-order valence-electron chi connectivity index (χ3n) is 5.49. The molecule has 0 aromatic heterocycles. The zero-order valence-corrected chi connectivity index (χ0v) is 10.9. The molecule has 17 heavy (non-hydrogen) atoms. The molecule has 0 bridgehead atoms. The van der Waals surface area contributed by atoms with Crippen molar-refractivity contribution in [3.8, 4) is 0 Å². The van der Waals surface area contributed by atoms with Crippen molar-refractivity contribution in [3.05, 3.63) is 0 Å². The Balaban J connectivity index is 1.66. The average Bonchev–Trinajstić information content (AvgIpc) is 2.99. The number of nitrogens with zero attached hydrogens (tertiary/aromatic N) is 1. The molecule has 96 valence electrons. The fraction of sp³-hybridized carbons (Fsp3) is 0.933. The molecular weight excluding hydrogens is 210 g/mol. The molecule has 2 unspecified atom stereocenters. The van der Waals surface area contributed by atoms with Crippen LogP contribution in [0.1, 0.15) is 57.8 Å². The lowest BCUT2D eigenvalue weighted by atomic mass is 9.83. The maximum atomic E-state index is 11.5. The Morgan fingerprint density at radius 3 is 2.59 bits per heavy atom. The van der Waals surface area contributed by atoms with E-state index in [1.807, 2.05) is 0 Å². The standard InChI is InChI=1S/C15H25NO/c17-12-15(8-3-4-9-15)11-16-10-7-13-5-1-2-6-14(13)16/h12-14H,1-11H2. The predicted octanol–water partition coefficient (Wildman–Crippen LogP) is 3.01. The van der Waals surface area contributed by atoms with E-state index in [2.05, 4.69) is 4.90 Å². The van der Waals surface area contributed by atoms with Crippen molar-refractivity contribution in [1.82, 2.24) is 4.90 Å². The molecular formula is C15H25NO. The largest absolute Gasteiger partial charge is 0.303 e. The molecule has 0 spiro atoms. The second-order valence-electron chi connectivity index (χ2n) is 6.56. The van der Waals surface area contributed by atoms with Crippen LogP contribution >= 0.6 is 0 Å². The first-order valence-electron chi connectivity index (χ1n) is 7.53. The molecule has 3 rings (SSSR count). The minimum atomic E-state index is 0.0341. The topological polar surface area (TPSA) is 20.3 Å². The second-order valence-corrected chi connectivity index (χ2v) is 6.56. The Morgan fingerprint density at radius 2 is 1.82 bits per heavy atom. The molecule has 0 amide bonds. The van der Waals surface area contributed by atoms with Crippen LogP contribution in [0.25, 0.3) is 0 Å². The maximum Gasteiger partial charge on any atom is 0.127 e. The van der Waals surface area contributed by atoms with Crippen LogP contribution in [0.3, 0.4) is 0 Å². The molecule has 2 saturated carbocycles. The monoisotopic (exact) mass is 235 g/mol. The zero-order valence-electron chi connectivity index (χ0n) is 10.9. The molecule has 2 atom stereocenters. The second kappa shape index (κ2) is 4.72. The van der Waals surface area contributed by atoms with Crippen LogP contribution in [-0.4, -0.2) is 30.3 Å². The Bertz CT molecular complexity index is 283. The maximum absolute atomic E-state index is 11.5. The van der Waals surface area contributed by atoms with E-state index >= 15 is 0 Å². The van der Waals surface area contributed by atoms with E-state index in [9.17, 15) is 4.79 Å². The summed E-state index contributed by atoms with van der Waals surface area (Å²) in [5.74, 6) is 0.953. The van der Waals surface area contributed by atoms with E-state index in [0.29, 0.717) is 0 Å². The Morgan fingerprint density at radius 1 is 1.06 bits per heavy atom. The smallest absolute Gasteiger partial charge is 0.127 e. The average molecular weight is 235 g/mol. The molecule has 1 aliphatic heterocycles.